The van der Waals surface area contributed by atoms with Crippen molar-refractivity contribution in [2.45, 2.75) is 6.54 Å². The molecule has 0 aliphatic carbocycles. The Morgan fingerprint density at radius 1 is 1.18 bits per heavy atom. The largest absolute Gasteiger partial charge is 0.486 e. The monoisotopic (exact) mass is 236 g/mol. The Hall–Kier alpha value is -1.26. The lowest BCUT2D eigenvalue weighted by molar-refractivity contribution is 0.171. The summed E-state index contributed by atoms with van der Waals surface area (Å²) < 4.78 is 11.0. The van der Waals surface area contributed by atoms with Crippen molar-refractivity contribution in [2.24, 2.45) is 0 Å². The third-order valence-corrected chi connectivity index (χ3v) is 2.67. The number of benzene rings is 1. The van der Waals surface area contributed by atoms with Gasteiger partial charge in [-0.05, 0) is 31.8 Å². The fourth-order valence-electron chi connectivity index (χ4n) is 1.73. The van der Waals surface area contributed by atoms with Crippen LogP contribution in [0.5, 0.6) is 11.5 Å². The van der Waals surface area contributed by atoms with Gasteiger partial charge in [0.15, 0.2) is 11.5 Å². The second-order valence-corrected chi connectivity index (χ2v) is 4.46. The van der Waals surface area contributed by atoms with Crippen LogP contribution in [0.25, 0.3) is 0 Å². The van der Waals surface area contributed by atoms with Gasteiger partial charge in [-0.1, -0.05) is 6.07 Å². The fraction of sp³-hybridized carbons (Fsp3) is 0.538. The smallest absolute Gasteiger partial charge is 0.161 e. The van der Waals surface area contributed by atoms with Crippen molar-refractivity contribution in [3.63, 3.8) is 0 Å². The Labute approximate surface area is 103 Å². The first kappa shape index (κ1) is 12.2. The van der Waals surface area contributed by atoms with Gasteiger partial charge in [-0.25, -0.2) is 0 Å². The van der Waals surface area contributed by atoms with E-state index in [1.807, 2.05) is 6.07 Å². The number of likely N-dealkylation sites (N-methyl/N-ethyl adjacent to an activating group) is 1. The molecule has 1 heterocycles. The number of hydrogen-bond donors (Lipinski definition) is 1. The van der Waals surface area contributed by atoms with Crippen molar-refractivity contribution in [3.05, 3.63) is 23.8 Å². The second-order valence-electron chi connectivity index (χ2n) is 4.46. The van der Waals surface area contributed by atoms with E-state index in [1.54, 1.807) is 0 Å². The van der Waals surface area contributed by atoms with Gasteiger partial charge in [0.05, 0.1) is 0 Å². The Morgan fingerprint density at radius 3 is 2.71 bits per heavy atom. The quantitative estimate of drug-likeness (QED) is 0.777. The van der Waals surface area contributed by atoms with Crippen LogP contribution >= 0.6 is 0 Å². The lowest BCUT2D eigenvalue weighted by Gasteiger charge is -2.19. The molecule has 1 aliphatic heterocycles. The number of nitrogens with zero attached hydrogens (tertiary/aromatic N) is 1. The van der Waals surface area contributed by atoms with E-state index in [-0.39, 0.29) is 0 Å². The van der Waals surface area contributed by atoms with E-state index < -0.39 is 0 Å². The molecule has 0 unspecified atom stereocenters. The first-order valence-electron chi connectivity index (χ1n) is 5.99. The molecule has 0 saturated carbocycles. The van der Waals surface area contributed by atoms with Gasteiger partial charge >= 0.3 is 0 Å². The number of fused-ring (bicyclic) bond motifs is 1. The molecule has 4 heteroatoms. The van der Waals surface area contributed by atoms with Crippen molar-refractivity contribution in [3.8, 4) is 11.5 Å². The zero-order valence-corrected chi connectivity index (χ0v) is 10.5. The van der Waals surface area contributed by atoms with Gasteiger partial charge in [-0.2, -0.15) is 0 Å². The van der Waals surface area contributed by atoms with Crippen molar-refractivity contribution in [1.82, 2.24) is 10.2 Å². The number of rotatable bonds is 5. The van der Waals surface area contributed by atoms with Crippen LogP contribution in [0.2, 0.25) is 0 Å². The van der Waals surface area contributed by atoms with E-state index in [1.165, 1.54) is 5.56 Å². The van der Waals surface area contributed by atoms with E-state index in [2.05, 4.69) is 36.4 Å². The number of hydrogen-bond acceptors (Lipinski definition) is 4. The zero-order chi connectivity index (χ0) is 12.1. The van der Waals surface area contributed by atoms with Crippen LogP contribution in [0.15, 0.2) is 18.2 Å². The van der Waals surface area contributed by atoms with Gasteiger partial charge in [-0.15, -0.1) is 0 Å². The molecule has 0 fully saturated rings. The minimum atomic E-state index is 0.643. The maximum Gasteiger partial charge on any atom is 0.161 e. The van der Waals surface area contributed by atoms with Crippen molar-refractivity contribution >= 4 is 0 Å². The number of ether oxygens (including phenoxy) is 2. The van der Waals surface area contributed by atoms with Crippen LogP contribution in [-0.2, 0) is 6.54 Å². The summed E-state index contributed by atoms with van der Waals surface area (Å²) in [7, 11) is 4.15. The average molecular weight is 236 g/mol. The Kier molecular flexibility index (Phi) is 4.23. The summed E-state index contributed by atoms with van der Waals surface area (Å²) in [6.07, 6.45) is 0. The third-order valence-electron chi connectivity index (χ3n) is 2.67. The molecule has 1 aromatic rings. The predicted molar refractivity (Wildman–Crippen MR) is 67.7 cm³/mol. The SMILES string of the molecule is CN(C)CCNCc1ccc2c(c1)OCCO2. The summed E-state index contributed by atoms with van der Waals surface area (Å²) in [4.78, 5) is 2.16. The molecule has 94 valence electrons. The predicted octanol–water partition coefficient (Wildman–Crippen LogP) is 1.11. The van der Waals surface area contributed by atoms with E-state index in [9.17, 15) is 0 Å². The van der Waals surface area contributed by atoms with Gasteiger partial charge in [0.2, 0.25) is 0 Å². The summed E-state index contributed by atoms with van der Waals surface area (Å²) >= 11 is 0. The van der Waals surface area contributed by atoms with Crippen LogP contribution in [0.4, 0.5) is 0 Å². The van der Waals surface area contributed by atoms with Crippen LogP contribution in [0.1, 0.15) is 5.56 Å². The normalized spacial score (nSPS) is 14.1. The van der Waals surface area contributed by atoms with E-state index in [4.69, 9.17) is 9.47 Å². The average Bonchev–Trinajstić information content (AvgIpc) is 2.34. The number of nitrogens with one attached hydrogen (secondary N) is 1. The Bertz CT molecular complexity index is 366. The maximum atomic E-state index is 5.55. The summed E-state index contributed by atoms with van der Waals surface area (Å²) in [6.45, 7) is 4.19. The van der Waals surface area contributed by atoms with E-state index in [0.717, 1.165) is 31.1 Å². The minimum Gasteiger partial charge on any atom is -0.486 e. The molecule has 0 radical (unpaired) electrons. The molecule has 17 heavy (non-hydrogen) atoms. The highest BCUT2D eigenvalue weighted by Gasteiger charge is 2.11. The lowest BCUT2D eigenvalue weighted by atomic mass is 10.2. The van der Waals surface area contributed by atoms with Crippen LogP contribution < -0.4 is 14.8 Å². The Morgan fingerprint density at radius 2 is 1.94 bits per heavy atom. The lowest BCUT2D eigenvalue weighted by Crippen LogP contribution is -2.26. The van der Waals surface area contributed by atoms with E-state index in [0.29, 0.717) is 13.2 Å². The molecule has 0 amide bonds. The van der Waals surface area contributed by atoms with Crippen LogP contribution in [0, 0.1) is 0 Å². The summed E-state index contributed by atoms with van der Waals surface area (Å²) in [6, 6.07) is 6.12. The minimum absolute atomic E-state index is 0.643. The Balaban J connectivity index is 1.85. The molecule has 0 aromatic heterocycles. The molecule has 4 nitrogen and oxygen atoms in total. The molecule has 0 spiro atoms. The van der Waals surface area contributed by atoms with Crippen molar-refractivity contribution in [1.29, 1.82) is 0 Å². The second kappa shape index (κ2) is 5.89. The first-order valence-corrected chi connectivity index (χ1v) is 5.99. The van der Waals surface area contributed by atoms with E-state index >= 15 is 0 Å². The van der Waals surface area contributed by atoms with Gasteiger partial charge in [-0.3, -0.25) is 0 Å². The molecule has 1 aromatic carbocycles. The molecule has 0 atom stereocenters. The summed E-state index contributed by atoms with van der Waals surface area (Å²) in [5.41, 5.74) is 1.23. The van der Waals surface area contributed by atoms with Crippen LogP contribution in [0.3, 0.4) is 0 Å². The molecular formula is C13H20N2O2. The summed E-state index contributed by atoms with van der Waals surface area (Å²) in [5.74, 6) is 1.72. The van der Waals surface area contributed by atoms with Gasteiger partial charge in [0, 0.05) is 19.6 Å². The van der Waals surface area contributed by atoms with Gasteiger partial charge in [0.1, 0.15) is 13.2 Å². The molecule has 2 rings (SSSR count). The first-order chi connectivity index (χ1) is 8.25. The standard InChI is InChI=1S/C13H20N2O2/c1-15(2)6-5-14-10-11-3-4-12-13(9-11)17-8-7-16-12/h3-4,9,14H,5-8,10H2,1-2H3. The van der Waals surface area contributed by atoms with Gasteiger partial charge < -0.3 is 19.7 Å². The molecule has 1 aliphatic rings. The fourth-order valence-corrected chi connectivity index (χ4v) is 1.73. The summed E-state index contributed by atoms with van der Waals surface area (Å²) in [5, 5.41) is 3.40. The zero-order valence-electron chi connectivity index (χ0n) is 10.5. The highest BCUT2D eigenvalue weighted by atomic mass is 16.6. The molecular weight excluding hydrogens is 216 g/mol. The molecule has 1 N–H and O–H groups in total. The highest BCUT2D eigenvalue weighted by Crippen LogP contribution is 2.30. The van der Waals surface area contributed by atoms with Crippen LogP contribution in [-0.4, -0.2) is 45.3 Å². The molecule has 0 bridgehead atoms. The highest BCUT2D eigenvalue weighted by molar-refractivity contribution is 5.43. The molecule has 0 saturated heterocycles. The van der Waals surface area contributed by atoms with Crippen molar-refractivity contribution in [2.75, 3.05) is 40.4 Å². The topological polar surface area (TPSA) is 33.7 Å². The van der Waals surface area contributed by atoms with Gasteiger partial charge in [0.25, 0.3) is 0 Å². The maximum absolute atomic E-state index is 5.55. The van der Waals surface area contributed by atoms with Crippen molar-refractivity contribution < 1.29 is 9.47 Å². The third kappa shape index (κ3) is 3.61.